The molecule has 0 aliphatic carbocycles. The highest BCUT2D eigenvalue weighted by Gasteiger charge is 2.03. The topological polar surface area (TPSA) is 66.4 Å². The van der Waals surface area contributed by atoms with Crippen LogP contribution in [0.1, 0.15) is 37.3 Å². The van der Waals surface area contributed by atoms with E-state index in [-0.39, 0.29) is 5.91 Å². The summed E-state index contributed by atoms with van der Waals surface area (Å²) >= 11 is 0. The molecule has 0 radical (unpaired) electrons. The molecule has 1 aromatic carbocycles. The fraction of sp³-hybridized carbons (Fsp3) is 0.333. The number of anilines is 1. The molecular formula is C15H19NO3. The lowest BCUT2D eigenvalue weighted by Crippen LogP contribution is -2.11. The molecule has 1 rings (SSSR count). The molecule has 0 aromatic heterocycles. The predicted octanol–water partition coefficient (Wildman–Crippen LogP) is 3.22. The number of hydrogen-bond donors (Lipinski definition) is 2. The van der Waals surface area contributed by atoms with E-state index in [1.807, 2.05) is 19.9 Å². The Morgan fingerprint density at radius 2 is 2.11 bits per heavy atom. The van der Waals surface area contributed by atoms with Crippen LogP contribution in [0.25, 0.3) is 6.08 Å². The zero-order valence-corrected chi connectivity index (χ0v) is 11.3. The zero-order valence-electron chi connectivity index (χ0n) is 11.3. The summed E-state index contributed by atoms with van der Waals surface area (Å²) in [5.74, 6) is -0.966. The molecule has 0 unspecified atom stereocenters. The molecule has 0 bridgehead atoms. The molecule has 0 fully saturated rings. The van der Waals surface area contributed by atoms with Gasteiger partial charge in [0, 0.05) is 18.2 Å². The van der Waals surface area contributed by atoms with E-state index < -0.39 is 5.97 Å². The molecule has 0 saturated carbocycles. The van der Waals surface area contributed by atoms with Crippen molar-refractivity contribution in [2.75, 3.05) is 5.32 Å². The van der Waals surface area contributed by atoms with Crippen LogP contribution in [0, 0.1) is 6.92 Å². The van der Waals surface area contributed by atoms with Crippen LogP contribution >= 0.6 is 0 Å². The molecular weight excluding hydrogens is 242 g/mol. The highest BCUT2D eigenvalue weighted by Crippen LogP contribution is 2.17. The van der Waals surface area contributed by atoms with E-state index in [0.717, 1.165) is 35.7 Å². The van der Waals surface area contributed by atoms with Crippen LogP contribution in [0.5, 0.6) is 0 Å². The SMILES string of the molecule is CCCCC(=O)Nc1ccc(/C=C/C(=O)O)c(C)c1. The number of aryl methyl sites for hydroxylation is 1. The minimum Gasteiger partial charge on any atom is -0.478 e. The predicted molar refractivity (Wildman–Crippen MR) is 76.0 cm³/mol. The number of carboxylic acid groups (broad SMARTS) is 1. The van der Waals surface area contributed by atoms with Gasteiger partial charge in [-0.1, -0.05) is 19.4 Å². The molecule has 0 heterocycles. The molecule has 0 saturated heterocycles. The van der Waals surface area contributed by atoms with Gasteiger partial charge in [0.05, 0.1) is 0 Å². The van der Waals surface area contributed by atoms with E-state index in [2.05, 4.69) is 5.32 Å². The van der Waals surface area contributed by atoms with Crippen molar-refractivity contribution in [2.45, 2.75) is 33.1 Å². The molecule has 4 nitrogen and oxygen atoms in total. The summed E-state index contributed by atoms with van der Waals surface area (Å²) in [5.41, 5.74) is 2.49. The summed E-state index contributed by atoms with van der Waals surface area (Å²) in [4.78, 5) is 22.0. The first-order chi connectivity index (χ1) is 9.02. The Kier molecular flexibility index (Phi) is 5.79. The summed E-state index contributed by atoms with van der Waals surface area (Å²) in [7, 11) is 0. The number of carboxylic acids is 1. The number of carbonyl (C=O) groups excluding carboxylic acids is 1. The summed E-state index contributed by atoms with van der Waals surface area (Å²) in [6.07, 6.45) is 5.04. The van der Waals surface area contributed by atoms with Crippen LogP contribution in [0.2, 0.25) is 0 Å². The smallest absolute Gasteiger partial charge is 0.328 e. The monoisotopic (exact) mass is 261 g/mol. The number of aliphatic carboxylic acids is 1. The standard InChI is InChI=1S/C15H19NO3/c1-3-4-5-14(17)16-13-8-6-12(11(2)10-13)7-9-15(18)19/h6-10H,3-5H2,1-2H3,(H,16,17)(H,18,19)/b9-7+. The number of unbranched alkanes of at least 4 members (excludes halogenated alkanes) is 1. The number of hydrogen-bond acceptors (Lipinski definition) is 2. The highest BCUT2D eigenvalue weighted by molar-refractivity contribution is 5.91. The van der Waals surface area contributed by atoms with E-state index in [4.69, 9.17) is 5.11 Å². The minimum atomic E-state index is -0.976. The van der Waals surface area contributed by atoms with E-state index in [0.29, 0.717) is 6.42 Å². The minimum absolute atomic E-state index is 0.00933. The molecule has 1 aromatic rings. The molecule has 0 aliphatic heterocycles. The Hall–Kier alpha value is -2.10. The third kappa shape index (κ3) is 5.38. The maximum atomic E-state index is 11.6. The number of rotatable bonds is 6. The van der Waals surface area contributed by atoms with E-state index in [9.17, 15) is 9.59 Å². The quantitative estimate of drug-likeness (QED) is 0.773. The van der Waals surface area contributed by atoms with Crippen LogP contribution in [0.3, 0.4) is 0 Å². The van der Waals surface area contributed by atoms with Gasteiger partial charge in [-0.3, -0.25) is 4.79 Å². The lowest BCUT2D eigenvalue weighted by Gasteiger charge is -2.07. The molecule has 0 spiro atoms. The summed E-state index contributed by atoms with van der Waals surface area (Å²) in [6, 6.07) is 5.41. The molecule has 102 valence electrons. The second-order valence-corrected chi connectivity index (χ2v) is 4.39. The van der Waals surface area contributed by atoms with Gasteiger partial charge in [0.15, 0.2) is 0 Å². The average Bonchev–Trinajstić information content (AvgIpc) is 2.35. The van der Waals surface area contributed by atoms with Crippen molar-refractivity contribution in [1.82, 2.24) is 0 Å². The summed E-state index contributed by atoms with van der Waals surface area (Å²) in [5, 5.41) is 11.4. The van der Waals surface area contributed by atoms with Crippen molar-refractivity contribution < 1.29 is 14.7 Å². The highest BCUT2D eigenvalue weighted by atomic mass is 16.4. The number of amides is 1. The first-order valence-corrected chi connectivity index (χ1v) is 6.34. The fourth-order valence-corrected chi connectivity index (χ4v) is 1.66. The van der Waals surface area contributed by atoms with Crippen molar-refractivity contribution in [3.05, 3.63) is 35.4 Å². The Morgan fingerprint density at radius 1 is 1.37 bits per heavy atom. The average molecular weight is 261 g/mol. The van der Waals surface area contributed by atoms with Gasteiger partial charge in [-0.2, -0.15) is 0 Å². The van der Waals surface area contributed by atoms with Crippen LogP contribution in [0.4, 0.5) is 5.69 Å². The Labute approximate surface area is 113 Å². The maximum absolute atomic E-state index is 11.6. The lowest BCUT2D eigenvalue weighted by atomic mass is 10.1. The van der Waals surface area contributed by atoms with Gasteiger partial charge < -0.3 is 10.4 Å². The van der Waals surface area contributed by atoms with Crippen LogP contribution in [-0.4, -0.2) is 17.0 Å². The van der Waals surface area contributed by atoms with E-state index in [1.54, 1.807) is 18.2 Å². The van der Waals surface area contributed by atoms with Gasteiger partial charge in [-0.25, -0.2) is 4.79 Å². The van der Waals surface area contributed by atoms with Crippen LogP contribution < -0.4 is 5.32 Å². The second kappa shape index (κ2) is 7.36. The third-order valence-corrected chi connectivity index (χ3v) is 2.72. The molecule has 2 N–H and O–H groups in total. The summed E-state index contributed by atoms with van der Waals surface area (Å²) < 4.78 is 0. The van der Waals surface area contributed by atoms with Gasteiger partial charge in [-0.15, -0.1) is 0 Å². The molecule has 0 aliphatic rings. The van der Waals surface area contributed by atoms with Crippen LogP contribution in [0.15, 0.2) is 24.3 Å². The van der Waals surface area contributed by atoms with E-state index in [1.165, 1.54) is 0 Å². The van der Waals surface area contributed by atoms with Gasteiger partial charge in [0.25, 0.3) is 0 Å². The molecule has 19 heavy (non-hydrogen) atoms. The van der Waals surface area contributed by atoms with Crippen molar-refractivity contribution in [3.8, 4) is 0 Å². The first kappa shape index (κ1) is 15.0. The first-order valence-electron chi connectivity index (χ1n) is 6.34. The van der Waals surface area contributed by atoms with Gasteiger partial charge >= 0.3 is 5.97 Å². The van der Waals surface area contributed by atoms with Crippen molar-refractivity contribution >= 4 is 23.6 Å². The summed E-state index contributed by atoms with van der Waals surface area (Å²) in [6.45, 7) is 3.92. The van der Waals surface area contributed by atoms with E-state index >= 15 is 0 Å². The van der Waals surface area contributed by atoms with Gasteiger partial charge in [0.1, 0.15) is 0 Å². The number of nitrogens with one attached hydrogen (secondary N) is 1. The Balaban J connectivity index is 2.71. The van der Waals surface area contributed by atoms with Crippen LogP contribution in [-0.2, 0) is 9.59 Å². The molecule has 4 heteroatoms. The molecule has 1 amide bonds. The lowest BCUT2D eigenvalue weighted by molar-refractivity contribution is -0.131. The Morgan fingerprint density at radius 3 is 2.68 bits per heavy atom. The maximum Gasteiger partial charge on any atom is 0.328 e. The number of carbonyl (C=O) groups is 2. The normalized spacial score (nSPS) is 10.6. The van der Waals surface area contributed by atoms with Crippen molar-refractivity contribution in [3.63, 3.8) is 0 Å². The number of benzene rings is 1. The largest absolute Gasteiger partial charge is 0.478 e. The third-order valence-electron chi connectivity index (χ3n) is 2.72. The Bertz CT molecular complexity index is 492. The second-order valence-electron chi connectivity index (χ2n) is 4.39. The van der Waals surface area contributed by atoms with Crippen molar-refractivity contribution in [1.29, 1.82) is 0 Å². The van der Waals surface area contributed by atoms with Gasteiger partial charge in [0.2, 0.25) is 5.91 Å². The zero-order chi connectivity index (χ0) is 14.3. The van der Waals surface area contributed by atoms with Crippen molar-refractivity contribution in [2.24, 2.45) is 0 Å². The fourth-order valence-electron chi connectivity index (χ4n) is 1.66. The molecule has 0 atom stereocenters. The van der Waals surface area contributed by atoms with Gasteiger partial charge in [-0.05, 0) is 42.7 Å².